The van der Waals surface area contributed by atoms with Gasteiger partial charge >= 0.3 is 18.3 Å². The molecule has 0 unspecified atom stereocenters. The quantitative estimate of drug-likeness (QED) is 0.839. The van der Waals surface area contributed by atoms with E-state index in [1.54, 1.807) is 0 Å². The van der Waals surface area contributed by atoms with E-state index in [1.807, 2.05) is 0 Å². The molecule has 0 saturated heterocycles. The Kier molecular flexibility index (Phi) is 3.07. The fourth-order valence-corrected chi connectivity index (χ4v) is 1.25. The lowest BCUT2D eigenvalue weighted by Crippen LogP contribution is -2.07. The number of nitrogens with zero attached hydrogens (tertiary/aromatic N) is 3. The van der Waals surface area contributed by atoms with Crippen LogP contribution in [0.2, 0.25) is 0 Å². The smallest absolute Gasteiger partial charge is 0.449 e. The summed E-state index contributed by atoms with van der Waals surface area (Å²) in [5.41, 5.74) is -1.50. The monoisotopic (exact) mass is 275 g/mol. The Morgan fingerprint density at radius 3 is 2.79 bits per heavy atom. The number of halogens is 3. The predicted octanol–water partition coefficient (Wildman–Crippen LogP) is 2.21. The van der Waals surface area contributed by atoms with Gasteiger partial charge in [-0.15, -0.1) is 0 Å². The third kappa shape index (κ3) is 2.78. The van der Waals surface area contributed by atoms with Gasteiger partial charge in [-0.3, -0.25) is 4.98 Å². The normalized spacial score (nSPS) is 11.3. The van der Waals surface area contributed by atoms with Crippen molar-refractivity contribution in [3.8, 4) is 17.5 Å². The first-order valence-electron chi connectivity index (χ1n) is 4.64. The molecule has 100 valence electrons. The van der Waals surface area contributed by atoms with Crippen LogP contribution < -0.4 is 4.74 Å². The molecule has 0 bridgehead atoms. The van der Waals surface area contributed by atoms with Crippen LogP contribution in [0.15, 0.2) is 23.0 Å². The van der Waals surface area contributed by atoms with Crippen molar-refractivity contribution in [2.45, 2.75) is 6.18 Å². The second-order valence-electron chi connectivity index (χ2n) is 3.17. The van der Waals surface area contributed by atoms with Crippen molar-refractivity contribution < 1.29 is 32.3 Å². The molecule has 2 heterocycles. The fourth-order valence-electron chi connectivity index (χ4n) is 1.25. The molecule has 0 atom stereocenters. The number of hydrogen-bond donors (Lipinski definition) is 1. The molecule has 0 aliphatic rings. The zero-order valence-corrected chi connectivity index (χ0v) is 8.88. The number of alkyl halides is 3. The van der Waals surface area contributed by atoms with Crippen LogP contribution in [0.5, 0.6) is 6.01 Å². The first kappa shape index (κ1) is 12.8. The molecule has 0 spiro atoms. The van der Waals surface area contributed by atoms with Gasteiger partial charge in [0.25, 0.3) is 5.89 Å². The first-order chi connectivity index (χ1) is 8.88. The van der Waals surface area contributed by atoms with E-state index in [9.17, 15) is 18.0 Å². The van der Waals surface area contributed by atoms with Crippen LogP contribution in [-0.4, -0.2) is 26.4 Å². The zero-order chi connectivity index (χ0) is 14.0. The summed E-state index contributed by atoms with van der Waals surface area (Å²) in [7, 11) is 0. The van der Waals surface area contributed by atoms with Crippen molar-refractivity contribution in [2.24, 2.45) is 0 Å². The van der Waals surface area contributed by atoms with Gasteiger partial charge in [0.2, 0.25) is 0 Å². The van der Waals surface area contributed by atoms with E-state index >= 15 is 0 Å². The van der Waals surface area contributed by atoms with E-state index < -0.39 is 35.4 Å². The second-order valence-corrected chi connectivity index (χ2v) is 3.17. The number of ether oxygens (including phenoxy) is 1. The Balaban J connectivity index is 2.42. The summed E-state index contributed by atoms with van der Waals surface area (Å²) in [6.07, 6.45) is -4.52. The average Bonchev–Trinajstić information content (AvgIpc) is 2.75. The van der Waals surface area contributed by atoms with E-state index in [0.717, 1.165) is 18.5 Å². The molecule has 0 aliphatic heterocycles. The topological polar surface area (TPSA) is 98.3 Å². The summed E-state index contributed by atoms with van der Waals surface area (Å²) < 4.78 is 46.7. The Hall–Kier alpha value is -2.65. The van der Waals surface area contributed by atoms with Gasteiger partial charge in [0, 0.05) is 12.4 Å². The van der Waals surface area contributed by atoms with Gasteiger partial charge in [-0.05, 0) is 11.2 Å². The number of aromatic nitrogens is 3. The van der Waals surface area contributed by atoms with Gasteiger partial charge in [-0.2, -0.15) is 18.2 Å². The second kappa shape index (κ2) is 4.55. The molecule has 19 heavy (non-hydrogen) atoms. The molecular formula is C9H4F3N3O4. The molecule has 2 aromatic rings. The van der Waals surface area contributed by atoms with Crippen LogP contribution in [0.1, 0.15) is 5.56 Å². The highest BCUT2D eigenvalue weighted by Gasteiger charge is 2.35. The van der Waals surface area contributed by atoms with Gasteiger partial charge < -0.3 is 14.4 Å². The highest BCUT2D eigenvalue weighted by Crippen LogP contribution is 2.36. The molecule has 7 nitrogen and oxygen atoms in total. The molecule has 0 aromatic carbocycles. The van der Waals surface area contributed by atoms with Crippen molar-refractivity contribution in [1.29, 1.82) is 0 Å². The number of carbonyl (C=O) groups is 1. The van der Waals surface area contributed by atoms with Gasteiger partial charge in [-0.25, -0.2) is 4.79 Å². The minimum atomic E-state index is -4.64. The Morgan fingerprint density at radius 2 is 2.16 bits per heavy atom. The zero-order valence-electron chi connectivity index (χ0n) is 8.88. The van der Waals surface area contributed by atoms with E-state index in [4.69, 9.17) is 5.11 Å². The molecule has 0 amide bonds. The fraction of sp³-hybridized carbons (Fsp3) is 0.111. The predicted molar refractivity (Wildman–Crippen MR) is 51.2 cm³/mol. The minimum Gasteiger partial charge on any atom is -0.449 e. The van der Waals surface area contributed by atoms with E-state index in [0.29, 0.717) is 0 Å². The summed E-state index contributed by atoms with van der Waals surface area (Å²) in [5, 5.41) is 11.4. The third-order valence-electron chi connectivity index (χ3n) is 1.94. The van der Waals surface area contributed by atoms with Crippen molar-refractivity contribution >= 4 is 6.16 Å². The minimum absolute atomic E-state index is 0.470. The van der Waals surface area contributed by atoms with Crippen molar-refractivity contribution in [3.05, 3.63) is 24.0 Å². The van der Waals surface area contributed by atoms with Gasteiger partial charge in [0.1, 0.15) is 0 Å². The van der Waals surface area contributed by atoms with Crippen LogP contribution in [0, 0.1) is 0 Å². The lowest BCUT2D eigenvalue weighted by atomic mass is 10.1. The van der Waals surface area contributed by atoms with Crippen LogP contribution in [0.4, 0.5) is 18.0 Å². The first-order valence-corrected chi connectivity index (χ1v) is 4.64. The van der Waals surface area contributed by atoms with Crippen molar-refractivity contribution in [1.82, 2.24) is 15.1 Å². The van der Waals surface area contributed by atoms with Crippen LogP contribution in [-0.2, 0) is 6.18 Å². The molecule has 0 saturated carbocycles. The maximum Gasteiger partial charge on any atom is 0.513 e. The van der Waals surface area contributed by atoms with Gasteiger partial charge in [0.15, 0.2) is 0 Å². The average molecular weight is 275 g/mol. The molecule has 1 N–H and O–H groups in total. The van der Waals surface area contributed by atoms with Crippen LogP contribution in [0.25, 0.3) is 11.5 Å². The number of hydrogen-bond acceptors (Lipinski definition) is 6. The van der Waals surface area contributed by atoms with Crippen LogP contribution >= 0.6 is 0 Å². The number of pyridine rings is 1. The van der Waals surface area contributed by atoms with E-state index in [-0.39, 0.29) is 0 Å². The summed E-state index contributed by atoms with van der Waals surface area (Å²) in [6.45, 7) is 0. The van der Waals surface area contributed by atoms with E-state index in [2.05, 4.69) is 24.4 Å². The molecule has 10 heteroatoms. The third-order valence-corrected chi connectivity index (χ3v) is 1.94. The maximum absolute atomic E-state index is 12.7. The van der Waals surface area contributed by atoms with E-state index in [1.165, 1.54) is 0 Å². The molecule has 2 rings (SSSR count). The van der Waals surface area contributed by atoms with Crippen molar-refractivity contribution in [2.75, 3.05) is 0 Å². The highest BCUT2D eigenvalue weighted by molar-refractivity contribution is 5.61. The number of rotatable bonds is 2. The standard InChI is InChI=1S/C9H4F3N3O4/c10-9(11,12)5-1-2-13-3-4(5)6-14-7(15-19-6)18-8(16)17/h1-3H,(H,16,17). The molecule has 0 fully saturated rings. The largest absolute Gasteiger partial charge is 0.513 e. The van der Waals surface area contributed by atoms with Crippen molar-refractivity contribution in [3.63, 3.8) is 0 Å². The molecular weight excluding hydrogens is 271 g/mol. The SMILES string of the molecule is O=C(O)Oc1noc(-c2cnccc2C(F)(F)F)n1. The van der Waals surface area contributed by atoms with Crippen LogP contribution in [0.3, 0.4) is 0 Å². The molecule has 2 aromatic heterocycles. The summed E-state index contributed by atoms with van der Waals surface area (Å²) in [5.74, 6) is -0.545. The lowest BCUT2D eigenvalue weighted by molar-refractivity contribution is -0.137. The Morgan fingerprint density at radius 1 is 1.42 bits per heavy atom. The molecule has 0 aliphatic carbocycles. The lowest BCUT2D eigenvalue weighted by Gasteiger charge is -2.08. The highest BCUT2D eigenvalue weighted by atomic mass is 19.4. The summed E-state index contributed by atoms with van der Waals surface area (Å²) >= 11 is 0. The van der Waals surface area contributed by atoms with Gasteiger partial charge in [0.05, 0.1) is 11.1 Å². The molecule has 0 radical (unpaired) electrons. The summed E-state index contributed by atoms with van der Waals surface area (Å²) in [4.78, 5) is 17.1. The van der Waals surface area contributed by atoms with Gasteiger partial charge in [-0.1, -0.05) is 0 Å². The Bertz CT molecular complexity index is 611. The number of carboxylic acid groups (broad SMARTS) is 1. The Labute approximate surface area is 102 Å². The summed E-state index contributed by atoms with van der Waals surface area (Å²) in [6, 6.07) is 0.0246. The maximum atomic E-state index is 12.7.